The van der Waals surface area contributed by atoms with Crippen LogP contribution >= 0.6 is 0 Å². The molecule has 0 saturated heterocycles. The second-order valence-corrected chi connectivity index (χ2v) is 2.80. The number of aryl methyl sites for hydroxylation is 2. The summed E-state index contributed by atoms with van der Waals surface area (Å²) in [5.74, 6) is -1.26. The molecule has 0 spiro atoms. The van der Waals surface area contributed by atoms with Crippen LogP contribution in [0, 0.1) is 13.8 Å². The maximum Gasteiger partial charge on any atom is 0.348 e. The van der Waals surface area contributed by atoms with Crippen LogP contribution in [-0.4, -0.2) is 22.1 Å². The summed E-state index contributed by atoms with van der Waals surface area (Å²) in [6.07, 6.45) is 0. The molecule has 1 aromatic heterocycles. The summed E-state index contributed by atoms with van der Waals surface area (Å²) in [6, 6.07) is 0. The van der Waals surface area contributed by atoms with Gasteiger partial charge in [0.2, 0.25) is 0 Å². The molecule has 2 rings (SSSR count). The van der Waals surface area contributed by atoms with Crippen LogP contribution in [0.25, 0.3) is 0 Å². The number of rotatable bonds is 0. The molecule has 0 unspecified atom stereocenters. The van der Waals surface area contributed by atoms with Gasteiger partial charge in [-0.3, -0.25) is 0 Å². The minimum Gasteiger partial charge on any atom is -0.386 e. The molecule has 66 valence electrons. The Kier molecular flexibility index (Phi) is 1.42. The quantitative estimate of drug-likeness (QED) is 0.425. The smallest absolute Gasteiger partial charge is 0.348 e. The van der Waals surface area contributed by atoms with Gasteiger partial charge in [0.05, 0.1) is 22.5 Å². The summed E-state index contributed by atoms with van der Waals surface area (Å²) in [4.78, 5) is 22.3. The van der Waals surface area contributed by atoms with Gasteiger partial charge in [-0.1, -0.05) is 0 Å². The van der Waals surface area contributed by atoms with Crippen LogP contribution in [-0.2, 0) is 4.74 Å². The molecule has 0 aromatic carbocycles. The molecule has 0 saturated carbocycles. The number of fused-ring (bicyclic) bond motifs is 1. The van der Waals surface area contributed by atoms with Gasteiger partial charge in [-0.15, -0.1) is 0 Å². The average molecular weight is 178 g/mol. The lowest BCUT2D eigenvalue weighted by atomic mass is 10.1. The van der Waals surface area contributed by atoms with E-state index in [0.717, 1.165) is 0 Å². The molecule has 0 radical (unpaired) electrons. The topological polar surface area (TPSA) is 69.2 Å². The van der Waals surface area contributed by atoms with Crippen LogP contribution in [0.1, 0.15) is 32.1 Å². The van der Waals surface area contributed by atoms with E-state index in [1.165, 1.54) is 0 Å². The van der Waals surface area contributed by atoms with E-state index in [0.29, 0.717) is 11.4 Å². The lowest BCUT2D eigenvalue weighted by Gasteiger charge is -1.97. The number of carbonyl (C=O) groups excluding carboxylic acids is 2. The van der Waals surface area contributed by atoms with E-state index in [1.54, 1.807) is 13.8 Å². The predicted molar refractivity (Wildman–Crippen MR) is 41.3 cm³/mol. The number of ether oxygens (including phenoxy) is 1. The Morgan fingerprint density at radius 1 is 0.923 bits per heavy atom. The van der Waals surface area contributed by atoms with Gasteiger partial charge < -0.3 is 4.74 Å². The van der Waals surface area contributed by atoms with E-state index in [4.69, 9.17) is 0 Å². The predicted octanol–water partition coefficient (Wildman–Crippen LogP) is 0.404. The van der Waals surface area contributed by atoms with E-state index in [9.17, 15) is 9.59 Å². The maximum atomic E-state index is 11.1. The lowest BCUT2D eigenvalue weighted by Crippen LogP contribution is -2.03. The van der Waals surface area contributed by atoms with Gasteiger partial charge >= 0.3 is 11.9 Å². The van der Waals surface area contributed by atoms with E-state index in [-0.39, 0.29) is 11.1 Å². The first-order chi connectivity index (χ1) is 6.11. The van der Waals surface area contributed by atoms with Gasteiger partial charge in [0.15, 0.2) is 0 Å². The highest BCUT2D eigenvalue weighted by Gasteiger charge is 2.34. The van der Waals surface area contributed by atoms with Crippen molar-refractivity contribution in [2.45, 2.75) is 13.8 Å². The van der Waals surface area contributed by atoms with Crippen molar-refractivity contribution in [2.24, 2.45) is 0 Å². The van der Waals surface area contributed by atoms with Crippen molar-refractivity contribution in [1.29, 1.82) is 0 Å². The third kappa shape index (κ3) is 0.932. The Morgan fingerprint density at radius 2 is 1.31 bits per heavy atom. The summed E-state index contributed by atoms with van der Waals surface area (Å²) >= 11 is 0. The zero-order chi connectivity index (χ0) is 9.59. The van der Waals surface area contributed by atoms with Crippen molar-refractivity contribution in [3.8, 4) is 0 Å². The van der Waals surface area contributed by atoms with Crippen molar-refractivity contribution < 1.29 is 14.3 Å². The number of cyclic esters (lactones) is 2. The molecule has 13 heavy (non-hydrogen) atoms. The number of carbonyl (C=O) groups is 2. The number of hydrogen-bond acceptors (Lipinski definition) is 5. The van der Waals surface area contributed by atoms with Gasteiger partial charge in [0.25, 0.3) is 0 Å². The largest absolute Gasteiger partial charge is 0.386 e. The van der Waals surface area contributed by atoms with Crippen molar-refractivity contribution in [2.75, 3.05) is 0 Å². The lowest BCUT2D eigenvalue weighted by molar-refractivity contribution is 0.0443. The van der Waals surface area contributed by atoms with E-state index in [2.05, 4.69) is 14.9 Å². The fourth-order valence-corrected chi connectivity index (χ4v) is 1.30. The number of aromatic nitrogens is 2. The van der Waals surface area contributed by atoms with E-state index >= 15 is 0 Å². The van der Waals surface area contributed by atoms with Gasteiger partial charge in [0.1, 0.15) is 0 Å². The third-order valence-corrected chi connectivity index (χ3v) is 1.92. The van der Waals surface area contributed by atoms with Gasteiger partial charge in [-0.2, -0.15) is 10.2 Å². The summed E-state index contributed by atoms with van der Waals surface area (Å²) < 4.78 is 4.44. The standard InChI is InChI=1S/C8H6N2O3/c1-3-5-6(4(2)10-9-3)8(12)13-7(5)11/h1-2H3. The van der Waals surface area contributed by atoms with Crippen LogP contribution in [0.5, 0.6) is 0 Å². The Morgan fingerprint density at radius 3 is 1.69 bits per heavy atom. The first-order valence-corrected chi connectivity index (χ1v) is 3.71. The Hall–Kier alpha value is -1.78. The molecule has 0 atom stereocenters. The van der Waals surface area contributed by atoms with Crippen molar-refractivity contribution in [3.63, 3.8) is 0 Å². The monoisotopic (exact) mass is 178 g/mol. The Labute approximate surface area is 73.7 Å². The SMILES string of the molecule is Cc1nnc(C)c2c1C(=O)OC2=O. The molecule has 0 amide bonds. The zero-order valence-electron chi connectivity index (χ0n) is 7.12. The molecule has 0 N–H and O–H groups in total. The second-order valence-electron chi connectivity index (χ2n) is 2.80. The first-order valence-electron chi connectivity index (χ1n) is 3.71. The molecule has 0 fully saturated rings. The van der Waals surface area contributed by atoms with Crippen molar-refractivity contribution in [1.82, 2.24) is 10.2 Å². The number of esters is 2. The van der Waals surface area contributed by atoms with Crippen LogP contribution in [0.15, 0.2) is 0 Å². The molecular weight excluding hydrogens is 172 g/mol. The summed E-state index contributed by atoms with van der Waals surface area (Å²) in [7, 11) is 0. The molecule has 1 aliphatic heterocycles. The number of nitrogens with zero attached hydrogens (tertiary/aromatic N) is 2. The minimum absolute atomic E-state index is 0.248. The minimum atomic E-state index is -0.629. The highest BCUT2D eigenvalue weighted by atomic mass is 16.6. The average Bonchev–Trinajstić information content (AvgIpc) is 2.36. The van der Waals surface area contributed by atoms with Crippen LogP contribution < -0.4 is 0 Å². The van der Waals surface area contributed by atoms with Crippen molar-refractivity contribution >= 4 is 11.9 Å². The molecule has 5 heteroatoms. The van der Waals surface area contributed by atoms with Gasteiger partial charge in [-0.25, -0.2) is 9.59 Å². The van der Waals surface area contributed by atoms with Crippen LogP contribution in [0.3, 0.4) is 0 Å². The highest BCUT2D eigenvalue weighted by Crippen LogP contribution is 2.23. The highest BCUT2D eigenvalue weighted by molar-refractivity contribution is 6.15. The Bertz CT molecular complexity index is 387. The van der Waals surface area contributed by atoms with Gasteiger partial charge in [-0.05, 0) is 13.8 Å². The maximum absolute atomic E-state index is 11.1. The van der Waals surface area contributed by atoms with E-state index in [1.807, 2.05) is 0 Å². The first kappa shape index (κ1) is 7.85. The Balaban J connectivity index is 2.81. The third-order valence-electron chi connectivity index (χ3n) is 1.92. The summed E-state index contributed by atoms with van der Waals surface area (Å²) in [5.41, 5.74) is 1.35. The molecule has 0 bridgehead atoms. The molecular formula is C8H6N2O3. The normalized spacial score (nSPS) is 14.3. The van der Waals surface area contributed by atoms with Gasteiger partial charge in [0, 0.05) is 0 Å². The van der Waals surface area contributed by atoms with Crippen LogP contribution in [0.4, 0.5) is 0 Å². The fourth-order valence-electron chi connectivity index (χ4n) is 1.30. The number of hydrogen-bond donors (Lipinski definition) is 0. The fraction of sp³-hybridized carbons (Fsp3) is 0.250. The molecule has 5 nitrogen and oxygen atoms in total. The summed E-state index contributed by atoms with van der Waals surface area (Å²) in [5, 5.41) is 7.46. The molecule has 1 aromatic rings. The van der Waals surface area contributed by atoms with Crippen LogP contribution in [0.2, 0.25) is 0 Å². The van der Waals surface area contributed by atoms with E-state index < -0.39 is 11.9 Å². The molecule has 2 heterocycles. The zero-order valence-corrected chi connectivity index (χ0v) is 7.12. The van der Waals surface area contributed by atoms with Crippen molar-refractivity contribution in [3.05, 3.63) is 22.5 Å². The summed E-state index contributed by atoms with van der Waals surface area (Å²) in [6.45, 7) is 3.23. The molecule has 0 aliphatic carbocycles. The molecule has 1 aliphatic rings. The second kappa shape index (κ2) is 2.35.